The summed E-state index contributed by atoms with van der Waals surface area (Å²) in [7, 11) is 2.14. The molecule has 1 aliphatic carbocycles. The SMILES string of the molecule is Cn1c2c(c3ccc(-n4ccc(OCc5ccc(Cl)cn5)cc4=O)cc31)CCCCC2. The number of fused-ring (bicyclic) bond motifs is 3. The smallest absolute Gasteiger partial charge is 0.258 e. The Kier molecular flexibility index (Phi) is 5.28. The molecule has 1 aliphatic rings. The molecule has 0 amide bonds. The van der Waals surface area contributed by atoms with Crippen molar-refractivity contribution in [1.29, 1.82) is 0 Å². The highest BCUT2D eigenvalue weighted by Gasteiger charge is 2.17. The Morgan fingerprint density at radius 2 is 1.94 bits per heavy atom. The van der Waals surface area contributed by atoms with Gasteiger partial charge in [-0.25, -0.2) is 0 Å². The lowest BCUT2D eigenvalue weighted by Gasteiger charge is -2.10. The zero-order valence-corrected chi connectivity index (χ0v) is 18.2. The van der Waals surface area contributed by atoms with Gasteiger partial charge in [0, 0.05) is 36.6 Å². The van der Waals surface area contributed by atoms with Gasteiger partial charge in [0.05, 0.1) is 21.9 Å². The largest absolute Gasteiger partial charge is 0.487 e. The molecule has 3 heterocycles. The summed E-state index contributed by atoms with van der Waals surface area (Å²) in [6, 6.07) is 13.2. The molecule has 0 atom stereocenters. The average Bonchev–Trinajstić information content (AvgIpc) is 2.93. The second-order valence-electron chi connectivity index (χ2n) is 8.07. The molecule has 5 nitrogen and oxygen atoms in total. The van der Waals surface area contributed by atoms with Crippen LogP contribution in [0.25, 0.3) is 16.6 Å². The Bertz CT molecular complexity index is 1310. The molecular weight excluding hydrogens is 410 g/mol. The first kappa shape index (κ1) is 19.9. The normalized spacial score (nSPS) is 13.7. The maximum absolute atomic E-state index is 12.8. The summed E-state index contributed by atoms with van der Waals surface area (Å²) >= 11 is 5.86. The second kappa shape index (κ2) is 8.23. The van der Waals surface area contributed by atoms with E-state index in [-0.39, 0.29) is 12.2 Å². The molecule has 0 unspecified atom stereocenters. The fraction of sp³-hybridized carbons (Fsp3) is 0.280. The molecule has 5 rings (SSSR count). The third-order valence-electron chi connectivity index (χ3n) is 6.11. The summed E-state index contributed by atoms with van der Waals surface area (Å²) in [4.78, 5) is 17.0. The van der Waals surface area contributed by atoms with Crippen LogP contribution in [-0.2, 0) is 26.5 Å². The number of aryl methyl sites for hydroxylation is 2. The number of nitrogens with zero attached hydrogens (tertiary/aromatic N) is 3. The molecule has 31 heavy (non-hydrogen) atoms. The summed E-state index contributed by atoms with van der Waals surface area (Å²) in [6.45, 7) is 0.279. The van der Waals surface area contributed by atoms with Gasteiger partial charge in [-0.1, -0.05) is 24.1 Å². The third-order valence-corrected chi connectivity index (χ3v) is 6.33. The van der Waals surface area contributed by atoms with Crippen LogP contribution in [0.3, 0.4) is 0 Å². The lowest BCUT2D eigenvalue weighted by atomic mass is 10.1. The topological polar surface area (TPSA) is 49.0 Å². The molecule has 0 radical (unpaired) electrons. The number of benzene rings is 1. The van der Waals surface area contributed by atoms with Crippen molar-refractivity contribution in [3.05, 3.63) is 87.2 Å². The van der Waals surface area contributed by atoms with Crippen molar-refractivity contribution in [2.45, 2.75) is 38.7 Å². The number of pyridine rings is 2. The van der Waals surface area contributed by atoms with E-state index in [0.717, 1.165) is 24.2 Å². The molecule has 6 heteroatoms. The van der Waals surface area contributed by atoms with Crippen LogP contribution >= 0.6 is 11.6 Å². The van der Waals surface area contributed by atoms with Crippen molar-refractivity contribution < 1.29 is 4.74 Å². The first-order chi connectivity index (χ1) is 15.1. The quantitative estimate of drug-likeness (QED) is 0.414. The van der Waals surface area contributed by atoms with E-state index in [2.05, 4.69) is 28.7 Å². The molecule has 0 N–H and O–H groups in total. The summed E-state index contributed by atoms with van der Waals surface area (Å²) in [5.74, 6) is 0.518. The van der Waals surface area contributed by atoms with E-state index in [0.29, 0.717) is 10.8 Å². The molecular formula is C25H24ClN3O2. The second-order valence-corrected chi connectivity index (χ2v) is 8.51. The Labute approximate surface area is 185 Å². The standard InChI is InChI=1S/C25H24ClN3O2/c1-28-23-6-4-2-3-5-21(23)22-10-9-19(13-24(22)28)29-12-11-20(14-25(29)30)31-16-18-8-7-17(26)15-27-18/h7-15H,2-6,16H2,1H3. The van der Waals surface area contributed by atoms with Crippen LogP contribution in [0, 0.1) is 0 Å². The summed E-state index contributed by atoms with van der Waals surface area (Å²) in [6.07, 6.45) is 9.41. The highest BCUT2D eigenvalue weighted by atomic mass is 35.5. The molecule has 0 saturated heterocycles. The molecule has 1 aromatic carbocycles. The molecule has 3 aromatic heterocycles. The minimum absolute atomic E-state index is 0.128. The van der Waals surface area contributed by atoms with Gasteiger partial charge in [-0.2, -0.15) is 0 Å². The van der Waals surface area contributed by atoms with Crippen LogP contribution < -0.4 is 10.3 Å². The highest BCUT2D eigenvalue weighted by molar-refractivity contribution is 6.30. The predicted molar refractivity (Wildman–Crippen MR) is 123 cm³/mol. The van der Waals surface area contributed by atoms with Crippen LogP contribution in [0.5, 0.6) is 5.75 Å². The van der Waals surface area contributed by atoms with Crippen LogP contribution in [0.2, 0.25) is 5.02 Å². The lowest BCUT2D eigenvalue weighted by molar-refractivity contribution is 0.300. The number of ether oxygens (including phenoxy) is 1. The summed E-state index contributed by atoms with van der Waals surface area (Å²) in [5.41, 5.74) is 5.59. The fourth-order valence-corrected chi connectivity index (χ4v) is 4.60. The van der Waals surface area contributed by atoms with Gasteiger partial charge in [0.1, 0.15) is 12.4 Å². The third kappa shape index (κ3) is 3.86. The number of hydrogen-bond donors (Lipinski definition) is 0. The first-order valence-electron chi connectivity index (χ1n) is 10.7. The molecule has 4 aromatic rings. The van der Waals surface area contributed by atoms with Gasteiger partial charge in [0.2, 0.25) is 0 Å². The lowest BCUT2D eigenvalue weighted by Crippen LogP contribution is -2.16. The van der Waals surface area contributed by atoms with E-state index >= 15 is 0 Å². The zero-order valence-electron chi connectivity index (χ0n) is 17.5. The molecule has 0 aliphatic heterocycles. The van der Waals surface area contributed by atoms with E-state index in [4.69, 9.17) is 16.3 Å². The number of halogens is 1. The first-order valence-corrected chi connectivity index (χ1v) is 11.0. The van der Waals surface area contributed by atoms with Crippen LogP contribution in [-0.4, -0.2) is 14.1 Å². The van der Waals surface area contributed by atoms with E-state index in [1.807, 2.05) is 12.1 Å². The molecule has 0 fully saturated rings. The number of aromatic nitrogens is 3. The molecule has 0 spiro atoms. The van der Waals surface area contributed by atoms with Crippen molar-refractivity contribution in [2.24, 2.45) is 7.05 Å². The van der Waals surface area contributed by atoms with Crippen molar-refractivity contribution in [3.63, 3.8) is 0 Å². The Morgan fingerprint density at radius 3 is 2.74 bits per heavy atom. The van der Waals surface area contributed by atoms with Gasteiger partial charge < -0.3 is 9.30 Å². The minimum atomic E-state index is -0.128. The molecule has 0 saturated carbocycles. The summed E-state index contributed by atoms with van der Waals surface area (Å²) in [5, 5.41) is 1.89. The van der Waals surface area contributed by atoms with Gasteiger partial charge in [-0.3, -0.25) is 14.3 Å². The average molecular weight is 434 g/mol. The molecule has 0 bridgehead atoms. The highest BCUT2D eigenvalue weighted by Crippen LogP contribution is 2.31. The van der Waals surface area contributed by atoms with E-state index < -0.39 is 0 Å². The van der Waals surface area contributed by atoms with Gasteiger partial charge in [0.15, 0.2) is 0 Å². The van der Waals surface area contributed by atoms with E-state index in [9.17, 15) is 4.79 Å². The van der Waals surface area contributed by atoms with E-state index in [1.165, 1.54) is 47.5 Å². The van der Waals surface area contributed by atoms with Crippen molar-refractivity contribution in [3.8, 4) is 11.4 Å². The predicted octanol–water partition coefficient (Wildman–Crippen LogP) is 5.23. The summed E-state index contributed by atoms with van der Waals surface area (Å²) < 4.78 is 9.70. The zero-order chi connectivity index (χ0) is 21.4. The minimum Gasteiger partial charge on any atom is -0.487 e. The Hall–Kier alpha value is -3.05. The van der Waals surface area contributed by atoms with E-state index in [1.54, 1.807) is 29.1 Å². The fourth-order valence-electron chi connectivity index (χ4n) is 4.49. The maximum atomic E-state index is 12.8. The van der Waals surface area contributed by atoms with Crippen LogP contribution in [0.1, 0.15) is 36.2 Å². The van der Waals surface area contributed by atoms with Crippen LogP contribution in [0.4, 0.5) is 0 Å². The van der Waals surface area contributed by atoms with Gasteiger partial charge in [-0.05, 0) is 61.6 Å². The molecule has 158 valence electrons. The van der Waals surface area contributed by atoms with Crippen molar-refractivity contribution >= 4 is 22.5 Å². The number of hydrogen-bond acceptors (Lipinski definition) is 3. The van der Waals surface area contributed by atoms with Gasteiger partial charge >= 0.3 is 0 Å². The number of rotatable bonds is 4. The monoisotopic (exact) mass is 433 g/mol. The van der Waals surface area contributed by atoms with Gasteiger partial charge in [0.25, 0.3) is 5.56 Å². The van der Waals surface area contributed by atoms with Crippen LogP contribution in [0.15, 0.2) is 59.7 Å². The van der Waals surface area contributed by atoms with Gasteiger partial charge in [-0.15, -0.1) is 0 Å². The maximum Gasteiger partial charge on any atom is 0.258 e. The van der Waals surface area contributed by atoms with Crippen molar-refractivity contribution in [2.75, 3.05) is 0 Å². The Morgan fingerprint density at radius 1 is 1.06 bits per heavy atom. The van der Waals surface area contributed by atoms with Crippen molar-refractivity contribution in [1.82, 2.24) is 14.1 Å². The Balaban J connectivity index is 1.42.